The molecule has 6 heteroatoms. The first-order valence-corrected chi connectivity index (χ1v) is 10.7. The van der Waals surface area contributed by atoms with Gasteiger partial charge in [-0.05, 0) is 56.5 Å². The fourth-order valence-electron chi connectivity index (χ4n) is 4.78. The highest BCUT2D eigenvalue weighted by atomic mass is 15.3. The van der Waals surface area contributed by atoms with Crippen molar-refractivity contribution >= 4 is 5.65 Å². The predicted molar refractivity (Wildman–Crippen MR) is 119 cm³/mol. The molecule has 0 amide bonds. The van der Waals surface area contributed by atoms with Crippen LogP contribution in [0.15, 0.2) is 42.9 Å². The summed E-state index contributed by atoms with van der Waals surface area (Å²) in [6.45, 7) is 7.70. The van der Waals surface area contributed by atoms with Crippen LogP contribution in [0.4, 0.5) is 0 Å². The summed E-state index contributed by atoms with van der Waals surface area (Å²) in [7, 11) is 2.22. The summed E-state index contributed by atoms with van der Waals surface area (Å²) >= 11 is 0. The Bertz CT molecular complexity index is 1180. The molecule has 0 aliphatic carbocycles. The van der Waals surface area contributed by atoms with Crippen molar-refractivity contribution in [1.82, 2.24) is 29.7 Å². The van der Waals surface area contributed by atoms with Crippen molar-refractivity contribution in [3.63, 3.8) is 0 Å². The number of nitrogens with one attached hydrogen (secondary N) is 1. The molecule has 1 aromatic carbocycles. The zero-order valence-electron chi connectivity index (χ0n) is 18.1. The van der Waals surface area contributed by atoms with Gasteiger partial charge in [0, 0.05) is 28.9 Å². The van der Waals surface area contributed by atoms with Crippen molar-refractivity contribution in [2.75, 3.05) is 13.6 Å². The number of aromatic nitrogens is 5. The molecule has 1 N–H and O–H groups in total. The summed E-state index contributed by atoms with van der Waals surface area (Å²) in [5.74, 6) is 0.334. The lowest BCUT2D eigenvalue weighted by atomic mass is 9.93. The second-order valence-electron chi connectivity index (χ2n) is 8.72. The largest absolute Gasteiger partial charge is 0.299 e. The van der Waals surface area contributed by atoms with E-state index in [0.29, 0.717) is 12.0 Å². The third kappa shape index (κ3) is 3.12. The zero-order chi connectivity index (χ0) is 20.8. The number of benzene rings is 1. The van der Waals surface area contributed by atoms with Crippen LogP contribution < -0.4 is 0 Å². The van der Waals surface area contributed by atoms with Gasteiger partial charge >= 0.3 is 0 Å². The minimum absolute atomic E-state index is 0.334. The standard InChI is InChI=1S/C24H28N6/c1-15(2)21-22(18-9-7-17(8-10-18)20-6-5-11-29(20)4)27-28-23(21)19-12-16(3)24-25-14-26-30(24)13-19/h7-10,12-15,20H,5-6,11H2,1-4H3,(H,27,28). The van der Waals surface area contributed by atoms with Gasteiger partial charge in [0.05, 0.1) is 11.4 Å². The van der Waals surface area contributed by atoms with Gasteiger partial charge in [-0.25, -0.2) is 9.50 Å². The van der Waals surface area contributed by atoms with Crippen molar-refractivity contribution in [3.8, 4) is 22.5 Å². The zero-order valence-corrected chi connectivity index (χ0v) is 18.1. The van der Waals surface area contributed by atoms with Gasteiger partial charge in [0.1, 0.15) is 6.33 Å². The van der Waals surface area contributed by atoms with Crippen molar-refractivity contribution < 1.29 is 0 Å². The van der Waals surface area contributed by atoms with Crippen LogP contribution >= 0.6 is 0 Å². The number of nitrogens with zero attached hydrogens (tertiary/aromatic N) is 5. The molecular weight excluding hydrogens is 372 g/mol. The normalized spacial score (nSPS) is 17.4. The van der Waals surface area contributed by atoms with Crippen LogP contribution in [0.2, 0.25) is 0 Å². The summed E-state index contributed by atoms with van der Waals surface area (Å²) in [5, 5.41) is 12.4. The van der Waals surface area contributed by atoms with Crippen molar-refractivity contribution in [3.05, 3.63) is 59.5 Å². The SMILES string of the molecule is Cc1cc(-c2[nH]nc(-c3ccc(C4CCCN4C)cc3)c2C(C)C)cn2ncnc12. The Morgan fingerprint density at radius 3 is 2.63 bits per heavy atom. The highest BCUT2D eigenvalue weighted by Gasteiger charge is 2.23. The van der Waals surface area contributed by atoms with Crippen LogP contribution in [0.25, 0.3) is 28.2 Å². The van der Waals surface area contributed by atoms with Crippen LogP contribution in [-0.4, -0.2) is 43.3 Å². The first kappa shape index (κ1) is 19.0. The van der Waals surface area contributed by atoms with E-state index in [1.165, 1.54) is 30.5 Å². The van der Waals surface area contributed by atoms with Crippen molar-refractivity contribution in [2.24, 2.45) is 0 Å². The molecule has 0 spiro atoms. The van der Waals surface area contributed by atoms with Gasteiger partial charge < -0.3 is 0 Å². The van der Waals surface area contributed by atoms with E-state index < -0.39 is 0 Å². The van der Waals surface area contributed by atoms with E-state index >= 15 is 0 Å². The molecule has 5 rings (SSSR count). The summed E-state index contributed by atoms with van der Waals surface area (Å²) in [6, 6.07) is 11.7. The lowest BCUT2D eigenvalue weighted by Gasteiger charge is -2.20. The summed E-state index contributed by atoms with van der Waals surface area (Å²) in [6.07, 6.45) is 6.14. The van der Waals surface area contributed by atoms with Gasteiger partial charge in [-0.2, -0.15) is 10.2 Å². The molecule has 6 nitrogen and oxygen atoms in total. The smallest absolute Gasteiger partial charge is 0.158 e. The first-order valence-electron chi connectivity index (χ1n) is 10.7. The maximum Gasteiger partial charge on any atom is 0.158 e. The van der Waals surface area contributed by atoms with E-state index in [1.54, 1.807) is 6.33 Å². The molecule has 154 valence electrons. The molecule has 1 fully saturated rings. The molecule has 1 aliphatic heterocycles. The summed E-state index contributed by atoms with van der Waals surface area (Å²) in [5.41, 5.74) is 8.94. The van der Waals surface area contributed by atoms with Gasteiger partial charge in [0.25, 0.3) is 0 Å². The van der Waals surface area contributed by atoms with Crippen molar-refractivity contribution in [2.45, 2.75) is 45.6 Å². The molecule has 1 unspecified atom stereocenters. The van der Waals surface area contributed by atoms with Gasteiger partial charge in [-0.3, -0.25) is 10.00 Å². The molecule has 30 heavy (non-hydrogen) atoms. The predicted octanol–water partition coefficient (Wildman–Crippen LogP) is 4.98. The second kappa shape index (κ2) is 7.36. The molecule has 1 atom stereocenters. The number of hydrogen-bond acceptors (Lipinski definition) is 4. The second-order valence-corrected chi connectivity index (χ2v) is 8.72. The fourth-order valence-corrected chi connectivity index (χ4v) is 4.78. The average Bonchev–Trinajstić information content (AvgIpc) is 3.47. The van der Waals surface area contributed by atoms with Crippen LogP contribution in [0.3, 0.4) is 0 Å². The van der Waals surface area contributed by atoms with E-state index in [1.807, 2.05) is 10.7 Å². The number of rotatable bonds is 4. The van der Waals surface area contributed by atoms with Gasteiger partial charge in [0.2, 0.25) is 0 Å². The van der Waals surface area contributed by atoms with Crippen LogP contribution in [0, 0.1) is 6.92 Å². The number of aromatic amines is 1. The molecule has 0 bridgehead atoms. The van der Waals surface area contributed by atoms with Gasteiger partial charge in [-0.15, -0.1) is 0 Å². The lowest BCUT2D eigenvalue weighted by Crippen LogP contribution is -2.17. The molecule has 0 radical (unpaired) electrons. The van der Waals surface area contributed by atoms with Crippen LogP contribution in [-0.2, 0) is 0 Å². The quantitative estimate of drug-likeness (QED) is 0.524. The van der Waals surface area contributed by atoms with E-state index in [-0.39, 0.29) is 0 Å². The Labute approximate surface area is 177 Å². The van der Waals surface area contributed by atoms with Crippen molar-refractivity contribution in [1.29, 1.82) is 0 Å². The minimum Gasteiger partial charge on any atom is -0.299 e. The van der Waals surface area contributed by atoms with E-state index in [0.717, 1.165) is 33.7 Å². The van der Waals surface area contributed by atoms with Crippen LogP contribution in [0.1, 0.15) is 55.3 Å². The number of H-pyrrole nitrogens is 1. The van der Waals surface area contributed by atoms with E-state index in [4.69, 9.17) is 5.10 Å². The summed E-state index contributed by atoms with van der Waals surface area (Å²) in [4.78, 5) is 6.78. The molecule has 3 aromatic heterocycles. The molecule has 4 aromatic rings. The number of likely N-dealkylation sites (tertiary alicyclic amines) is 1. The van der Waals surface area contributed by atoms with Gasteiger partial charge in [0.15, 0.2) is 5.65 Å². The monoisotopic (exact) mass is 400 g/mol. The molecule has 1 aliphatic rings. The topological polar surface area (TPSA) is 62.1 Å². The molecular formula is C24H28N6. The Balaban J connectivity index is 1.56. The summed E-state index contributed by atoms with van der Waals surface area (Å²) < 4.78 is 1.84. The minimum atomic E-state index is 0.334. The third-order valence-corrected chi connectivity index (χ3v) is 6.32. The van der Waals surface area contributed by atoms with Gasteiger partial charge in [-0.1, -0.05) is 38.1 Å². The number of aryl methyl sites for hydroxylation is 1. The van der Waals surface area contributed by atoms with E-state index in [9.17, 15) is 0 Å². The Morgan fingerprint density at radius 2 is 1.93 bits per heavy atom. The third-order valence-electron chi connectivity index (χ3n) is 6.32. The first-order chi connectivity index (χ1) is 14.5. The van der Waals surface area contributed by atoms with Crippen LogP contribution in [0.5, 0.6) is 0 Å². The molecule has 4 heterocycles. The number of pyridine rings is 1. The lowest BCUT2D eigenvalue weighted by molar-refractivity contribution is 0.317. The average molecular weight is 401 g/mol. The highest BCUT2D eigenvalue weighted by Crippen LogP contribution is 2.37. The maximum atomic E-state index is 4.74. The number of hydrogen-bond donors (Lipinski definition) is 1. The van der Waals surface area contributed by atoms with E-state index in [2.05, 4.69) is 78.2 Å². The fraction of sp³-hybridized carbons (Fsp3) is 0.375. The Kier molecular flexibility index (Phi) is 4.66. The Morgan fingerprint density at radius 1 is 1.13 bits per heavy atom. The molecule has 1 saturated heterocycles. The highest BCUT2D eigenvalue weighted by molar-refractivity contribution is 5.75. The Hall–Kier alpha value is -2.99. The molecule has 0 saturated carbocycles. The maximum absolute atomic E-state index is 4.74. The number of fused-ring (bicyclic) bond motifs is 1.